The van der Waals surface area contributed by atoms with E-state index in [2.05, 4.69) is 4.98 Å². The lowest BCUT2D eigenvalue weighted by molar-refractivity contribution is -0.0816. The average molecular weight is 192 g/mol. The van der Waals surface area contributed by atoms with E-state index in [1.54, 1.807) is 24.5 Å². The number of nitrogens with two attached hydrogens (primary N) is 1. The number of rotatable bonds is 3. The van der Waals surface area contributed by atoms with Gasteiger partial charge in [-0.05, 0) is 12.1 Å². The average Bonchev–Trinajstić information content (AvgIpc) is 2.18. The standard InChI is InChI=1S/C10H12N2O2/c11-5-10(6-14-7-10)9(13)8-2-1-3-12-4-8/h1-4H,5-7,11H2. The normalized spacial score (nSPS) is 18.6. The molecule has 0 bridgehead atoms. The molecule has 0 aromatic carbocycles. The maximum absolute atomic E-state index is 12.0. The molecule has 0 spiro atoms. The van der Waals surface area contributed by atoms with Gasteiger partial charge in [-0.15, -0.1) is 0 Å². The second-order valence-electron chi connectivity index (χ2n) is 3.55. The molecule has 1 aliphatic heterocycles. The van der Waals surface area contributed by atoms with Gasteiger partial charge in [-0.3, -0.25) is 9.78 Å². The van der Waals surface area contributed by atoms with Crippen LogP contribution >= 0.6 is 0 Å². The zero-order valence-electron chi connectivity index (χ0n) is 7.77. The minimum absolute atomic E-state index is 0.0411. The van der Waals surface area contributed by atoms with E-state index < -0.39 is 5.41 Å². The number of hydrogen-bond acceptors (Lipinski definition) is 4. The van der Waals surface area contributed by atoms with E-state index in [1.165, 1.54) is 0 Å². The molecule has 1 aromatic heterocycles. The third-order valence-electron chi connectivity index (χ3n) is 2.55. The van der Waals surface area contributed by atoms with Gasteiger partial charge >= 0.3 is 0 Å². The Balaban J connectivity index is 2.23. The van der Waals surface area contributed by atoms with E-state index in [4.69, 9.17) is 10.5 Å². The molecule has 2 N–H and O–H groups in total. The number of aromatic nitrogens is 1. The highest BCUT2D eigenvalue weighted by Gasteiger charge is 2.44. The maximum atomic E-state index is 12.0. The summed E-state index contributed by atoms with van der Waals surface area (Å²) in [6, 6.07) is 3.50. The van der Waals surface area contributed by atoms with Crippen molar-refractivity contribution >= 4 is 5.78 Å². The van der Waals surface area contributed by atoms with Crippen molar-refractivity contribution in [3.8, 4) is 0 Å². The number of carbonyl (C=O) groups is 1. The Kier molecular flexibility index (Phi) is 2.31. The van der Waals surface area contributed by atoms with Crippen LogP contribution in [-0.2, 0) is 4.74 Å². The van der Waals surface area contributed by atoms with Gasteiger partial charge < -0.3 is 10.5 Å². The molecule has 4 nitrogen and oxygen atoms in total. The van der Waals surface area contributed by atoms with Crippen LogP contribution in [0.3, 0.4) is 0 Å². The lowest BCUT2D eigenvalue weighted by atomic mass is 9.79. The van der Waals surface area contributed by atoms with E-state index >= 15 is 0 Å². The summed E-state index contributed by atoms with van der Waals surface area (Å²) < 4.78 is 5.05. The molecule has 2 heterocycles. The molecule has 1 aliphatic rings. The molecule has 14 heavy (non-hydrogen) atoms. The van der Waals surface area contributed by atoms with Crippen LogP contribution in [0.5, 0.6) is 0 Å². The SMILES string of the molecule is NCC1(C(=O)c2cccnc2)COC1. The molecule has 0 radical (unpaired) electrons. The largest absolute Gasteiger partial charge is 0.379 e. The van der Waals surface area contributed by atoms with Gasteiger partial charge in [0.15, 0.2) is 5.78 Å². The Bertz CT molecular complexity index is 328. The van der Waals surface area contributed by atoms with Crippen molar-refractivity contribution in [2.75, 3.05) is 19.8 Å². The summed E-state index contributed by atoms with van der Waals surface area (Å²) in [4.78, 5) is 15.9. The molecule has 74 valence electrons. The number of Topliss-reactive ketones (excluding diaryl/α,β-unsaturated/α-hetero) is 1. The number of carbonyl (C=O) groups excluding carboxylic acids is 1. The van der Waals surface area contributed by atoms with Crippen molar-refractivity contribution in [1.29, 1.82) is 0 Å². The Morgan fingerprint density at radius 2 is 2.43 bits per heavy atom. The lowest BCUT2D eigenvalue weighted by Crippen LogP contribution is -2.54. The number of hydrogen-bond donors (Lipinski definition) is 1. The van der Waals surface area contributed by atoms with Gasteiger partial charge in [-0.25, -0.2) is 0 Å². The van der Waals surface area contributed by atoms with Crippen LogP contribution < -0.4 is 5.73 Å². The first-order chi connectivity index (χ1) is 6.78. The summed E-state index contributed by atoms with van der Waals surface area (Å²) >= 11 is 0. The second kappa shape index (κ2) is 3.48. The molecule has 1 fully saturated rings. The second-order valence-corrected chi connectivity index (χ2v) is 3.55. The first kappa shape index (κ1) is 9.30. The first-order valence-corrected chi connectivity index (χ1v) is 4.51. The molecule has 0 unspecified atom stereocenters. The number of pyridine rings is 1. The fourth-order valence-electron chi connectivity index (χ4n) is 1.49. The number of ketones is 1. The number of nitrogens with zero attached hydrogens (tertiary/aromatic N) is 1. The fourth-order valence-corrected chi connectivity index (χ4v) is 1.49. The van der Waals surface area contributed by atoms with Crippen LogP contribution in [0.4, 0.5) is 0 Å². The Morgan fingerprint density at radius 1 is 1.64 bits per heavy atom. The molecule has 0 amide bonds. The molecule has 2 rings (SSSR count). The van der Waals surface area contributed by atoms with Crippen molar-refractivity contribution in [1.82, 2.24) is 4.98 Å². The predicted molar refractivity (Wildman–Crippen MR) is 50.9 cm³/mol. The summed E-state index contributed by atoms with van der Waals surface area (Å²) in [7, 11) is 0. The molecule has 1 aromatic rings. The van der Waals surface area contributed by atoms with Crippen LogP contribution in [0.15, 0.2) is 24.5 Å². The van der Waals surface area contributed by atoms with Gasteiger partial charge in [0.05, 0.1) is 18.6 Å². The van der Waals surface area contributed by atoms with E-state index in [1.807, 2.05) is 0 Å². The van der Waals surface area contributed by atoms with Crippen LogP contribution in [0.25, 0.3) is 0 Å². The molecule has 0 aliphatic carbocycles. The minimum Gasteiger partial charge on any atom is -0.379 e. The van der Waals surface area contributed by atoms with E-state index in [9.17, 15) is 4.79 Å². The third kappa shape index (κ3) is 1.32. The highest BCUT2D eigenvalue weighted by Crippen LogP contribution is 2.30. The summed E-state index contributed by atoms with van der Waals surface area (Å²) in [5.41, 5.74) is 5.70. The van der Waals surface area contributed by atoms with Gasteiger partial charge in [0, 0.05) is 24.5 Å². The van der Waals surface area contributed by atoms with Crippen LogP contribution in [0.1, 0.15) is 10.4 Å². The topological polar surface area (TPSA) is 65.2 Å². The third-order valence-corrected chi connectivity index (χ3v) is 2.55. The molecule has 0 atom stereocenters. The van der Waals surface area contributed by atoms with Gasteiger partial charge in [0.2, 0.25) is 0 Å². The highest BCUT2D eigenvalue weighted by atomic mass is 16.5. The minimum atomic E-state index is -0.497. The van der Waals surface area contributed by atoms with E-state index in [0.717, 1.165) is 0 Å². The van der Waals surface area contributed by atoms with Crippen LogP contribution in [-0.4, -0.2) is 30.5 Å². The maximum Gasteiger partial charge on any atom is 0.176 e. The Hall–Kier alpha value is -1.26. The molecule has 1 saturated heterocycles. The summed E-state index contributed by atoms with van der Waals surface area (Å²) in [6.45, 7) is 1.19. The Labute approximate surface area is 82.1 Å². The number of ether oxygens (including phenoxy) is 1. The van der Waals surface area contributed by atoms with Crippen molar-refractivity contribution < 1.29 is 9.53 Å². The molecular weight excluding hydrogens is 180 g/mol. The fraction of sp³-hybridized carbons (Fsp3) is 0.400. The smallest absolute Gasteiger partial charge is 0.176 e. The van der Waals surface area contributed by atoms with Crippen molar-refractivity contribution in [3.05, 3.63) is 30.1 Å². The van der Waals surface area contributed by atoms with Crippen molar-refractivity contribution in [3.63, 3.8) is 0 Å². The summed E-state index contributed by atoms with van der Waals surface area (Å²) in [6.07, 6.45) is 3.21. The van der Waals surface area contributed by atoms with E-state index in [0.29, 0.717) is 25.3 Å². The van der Waals surface area contributed by atoms with Gasteiger partial charge in [0.25, 0.3) is 0 Å². The first-order valence-electron chi connectivity index (χ1n) is 4.51. The zero-order chi connectivity index (χ0) is 10.0. The van der Waals surface area contributed by atoms with Gasteiger partial charge in [0.1, 0.15) is 0 Å². The molecular formula is C10H12N2O2. The van der Waals surface area contributed by atoms with Crippen molar-refractivity contribution in [2.45, 2.75) is 0 Å². The summed E-state index contributed by atoms with van der Waals surface area (Å²) in [5.74, 6) is 0.0411. The Morgan fingerprint density at radius 3 is 2.86 bits per heavy atom. The quantitative estimate of drug-likeness (QED) is 0.697. The zero-order valence-corrected chi connectivity index (χ0v) is 7.77. The van der Waals surface area contributed by atoms with Crippen molar-refractivity contribution in [2.24, 2.45) is 11.1 Å². The lowest BCUT2D eigenvalue weighted by Gasteiger charge is -2.38. The molecule has 0 saturated carbocycles. The van der Waals surface area contributed by atoms with Crippen LogP contribution in [0.2, 0.25) is 0 Å². The van der Waals surface area contributed by atoms with Gasteiger partial charge in [-0.2, -0.15) is 0 Å². The summed E-state index contributed by atoms with van der Waals surface area (Å²) in [5, 5.41) is 0. The van der Waals surface area contributed by atoms with Gasteiger partial charge in [-0.1, -0.05) is 0 Å². The van der Waals surface area contributed by atoms with Crippen LogP contribution in [0, 0.1) is 5.41 Å². The highest BCUT2D eigenvalue weighted by molar-refractivity contribution is 6.01. The monoisotopic (exact) mass is 192 g/mol. The molecule has 4 heteroatoms. The van der Waals surface area contributed by atoms with E-state index in [-0.39, 0.29) is 5.78 Å². The predicted octanol–water partition coefficient (Wildman–Crippen LogP) is 0.240.